The molecule has 0 aromatic heterocycles. The Morgan fingerprint density at radius 2 is 2.23 bits per heavy atom. The van der Waals surface area contributed by atoms with Gasteiger partial charge in [-0.05, 0) is 17.7 Å². The second-order valence-corrected chi connectivity index (χ2v) is 6.55. The predicted octanol–water partition coefficient (Wildman–Crippen LogP) is 1.40. The number of hydrogen-bond donors (Lipinski definition) is 0. The van der Waals surface area contributed by atoms with Crippen LogP contribution in [0.1, 0.15) is 5.56 Å². The summed E-state index contributed by atoms with van der Waals surface area (Å²) in [5.41, 5.74) is 0.751. The average Bonchev–Trinajstić information content (AvgIpc) is 2.59. The molecule has 0 radical (unpaired) electrons. The van der Waals surface area contributed by atoms with Gasteiger partial charge in [-0.1, -0.05) is 23.7 Å². The summed E-state index contributed by atoms with van der Waals surface area (Å²) in [5, 5.41) is 0.753. The highest BCUT2D eigenvalue weighted by molar-refractivity contribution is 6.30. The van der Waals surface area contributed by atoms with Crippen molar-refractivity contribution in [2.75, 3.05) is 46.5 Å². The van der Waals surface area contributed by atoms with Crippen LogP contribution in [0.4, 0.5) is 0 Å². The first-order chi connectivity index (χ1) is 10.6. The van der Waals surface area contributed by atoms with E-state index >= 15 is 0 Å². The molecule has 1 aromatic rings. The number of benzene rings is 1. The van der Waals surface area contributed by atoms with Gasteiger partial charge >= 0.3 is 0 Å². The van der Waals surface area contributed by atoms with Crippen molar-refractivity contribution in [3.05, 3.63) is 34.9 Å². The van der Waals surface area contributed by atoms with E-state index in [0.717, 1.165) is 24.7 Å². The van der Waals surface area contributed by atoms with Crippen molar-refractivity contribution in [2.45, 2.75) is 12.1 Å². The number of amides is 1. The van der Waals surface area contributed by atoms with Crippen LogP contribution >= 0.6 is 11.6 Å². The van der Waals surface area contributed by atoms with Crippen molar-refractivity contribution in [3.63, 3.8) is 0 Å². The minimum atomic E-state index is -0.433. The Bertz CT molecular complexity index is 554. The normalized spacial score (nSPS) is 27.2. The summed E-state index contributed by atoms with van der Waals surface area (Å²) in [5.74, 6) is 0.00689. The molecule has 0 N–H and O–H groups in total. The lowest BCUT2D eigenvalue weighted by Gasteiger charge is -2.42. The number of nitrogens with zero attached hydrogens (tertiary/aromatic N) is 2. The Labute approximate surface area is 135 Å². The van der Waals surface area contributed by atoms with Gasteiger partial charge in [-0.3, -0.25) is 9.69 Å². The first kappa shape index (κ1) is 15.7. The molecule has 6 heteroatoms. The number of likely N-dealkylation sites (N-methyl/N-ethyl adjacent to an activating group) is 1. The van der Waals surface area contributed by atoms with Crippen LogP contribution in [-0.2, 0) is 20.8 Å². The maximum absolute atomic E-state index is 11.8. The molecule has 2 fully saturated rings. The van der Waals surface area contributed by atoms with Crippen molar-refractivity contribution < 1.29 is 14.3 Å². The quantitative estimate of drug-likeness (QED) is 0.824. The van der Waals surface area contributed by atoms with Crippen molar-refractivity contribution in [1.29, 1.82) is 0 Å². The summed E-state index contributed by atoms with van der Waals surface area (Å²) >= 11 is 6.05. The maximum atomic E-state index is 11.8. The van der Waals surface area contributed by atoms with E-state index in [2.05, 4.69) is 11.0 Å². The van der Waals surface area contributed by atoms with Gasteiger partial charge in [0.1, 0.15) is 12.2 Å². The molecule has 0 saturated carbocycles. The molecule has 0 bridgehead atoms. The minimum absolute atomic E-state index is 0.00689. The van der Waals surface area contributed by atoms with Crippen LogP contribution in [0.25, 0.3) is 0 Å². The minimum Gasteiger partial charge on any atom is -0.369 e. The fourth-order valence-corrected chi connectivity index (χ4v) is 3.35. The molecule has 0 aliphatic carbocycles. The number of ether oxygens (including phenoxy) is 2. The highest BCUT2D eigenvalue weighted by Gasteiger charge is 2.41. The van der Waals surface area contributed by atoms with Gasteiger partial charge in [0.2, 0.25) is 5.91 Å². The summed E-state index contributed by atoms with van der Waals surface area (Å²) in [7, 11) is 1.80. The van der Waals surface area contributed by atoms with Crippen LogP contribution in [0.3, 0.4) is 0 Å². The first-order valence-corrected chi connectivity index (χ1v) is 7.87. The van der Waals surface area contributed by atoms with E-state index in [4.69, 9.17) is 21.1 Å². The lowest BCUT2D eigenvalue weighted by molar-refractivity contribution is -0.143. The van der Waals surface area contributed by atoms with Crippen LogP contribution in [0.5, 0.6) is 0 Å². The molecule has 2 heterocycles. The van der Waals surface area contributed by atoms with Crippen molar-refractivity contribution in [3.8, 4) is 0 Å². The van der Waals surface area contributed by atoms with E-state index < -0.39 is 5.60 Å². The molecule has 2 aliphatic rings. The molecule has 1 aromatic carbocycles. The van der Waals surface area contributed by atoms with Gasteiger partial charge in [-0.2, -0.15) is 0 Å². The summed E-state index contributed by atoms with van der Waals surface area (Å²) in [6.45, 7) is 4.24. The third-order valence-electron chi connectivity index (χ3n) is 4.16. The Morgan fingerprint density at radius 1 is 1.36 bits per heavy atom. The Balaban J connectivity index is 1.69. The van der Waals surface area contributed by atoms with Gasteiger partial charge in [0, 0.05) is 31.7 Å². The number of halogens is 1. The number of carbonyl (C=O) groups excluding carboxylic acids is 1. The summed E-state index contributed by atoms with van der Waals surface area (Å²) in [6, 6.07) is 7.91. The largest absolute Gasteiger partial charge is 0.369 e. The number of morpholine rings is 1. The fourth-order valence-electron chi connectivity index (χ4n) is 3.14. The topological polar surface area (TPSA) is 42.0 Å². The van der Waals surface area contributed by atoms with Crippen LogP contribution in [0.2, 0.25) is 5.02 Å². The van der Waals surface area contributed by atoms with E-state index in [1.165, 1.54) is 5.56 Å². The molecule has 2 aliphatic heterocycles. The molecule has 1 unspecified atom stereocenters. The zero-order valence-corrected chi connectivity index (χ0v) is 13.5. The van der Waals surface area contributed by atoms with E-state index in [-0.39, 0.29) is 12.5 Å². The molecule has 1 atom stereocenters. The third kappa shape index (κ3) is 3.60. The Kier molecular flexibility index (Phi) is 4.68. The zero-order chi connectivity index (χ0) is 15.6. The predicted molar refractivity (Wildman–Crippen MR) is 83.9 cm³/mol. The highest BCUT2D eigenvalue weighted by Crippen LogP contribution is 2.24. The smallest absolute Gasteiger partial charge is 0.248 e. The fraction of sp³-hybridized carbons (Fsp3) is 0.562. The van der Waals surface area contributed by atoms with Gasteiger partial charge in [-0.15, -0.1) is 0 Å². The Morgan fingerprint density at radius 3 is 3.05 bits per heavy atom. The van der Waals surface area contributed by atoms with Crippen LogP contribution in [0, 0.1) is 0 Å². The molecule has 22 heavy (non-hydrogen) atoms. The van der Waals surface area contributed by atoms with Crippen LogP contribution in [0.15, 0.2) is 24.3 Å². The average molecular weight is 325 g/mol. The summed E-state index contributed by atoms with van der Waals surface area (Å²) in [4.78, 5) is 15.8. The maximum Gasteiger partial charge on any atom is 0.248 e. The number of hydrogen-bond acceptors (Lipinski definition) is 4. The second-order valence-electron chi connectivity index (χ2n) is 6.11. The van der Waals surface area contributed by atoms with Crippen molar-refractivity contribution in [2.24, 2.45) is 0 Å². The van der Waals surface area contributed by atoms with Gasteiger partial charge < -0.3 is 14.4 Å². The monoisotopic (exact) mass is 324 g/mol. The number of rotatable bonds is 2. The number of carbonyl (C=O) groups is 1. The molecular weight excluding hydrogens is 304 g/mol. The van der Waals surface area contributed by atoms with E-state index in [0.29, 0.717) is 19.8 Å². The van der Waals surface area contributed by atoms with Crippen molar-refractivity contribution in [1.82, 2.24) is 9.80 Å². The standard InChI is InChI=1S/C16H21ClN2O3/c1-18-10-16(12-21-9-15(18)20)11-19(5-6-22-16)8-13-3-2-4-14(17)7-13/h2-4,7H,5-6,8-12H2,1H3. The summed E-state index contributed by atoms with van der Waals surface area (Å²) in [6.07, 6.45) is 0. The molecule has 3 rings (SSSR count). The molecule has 2 saturated heterocycles. The van der Waals surface area contributed by atoms with Crippen LogP contribution in [-0.4, -0.2) is 67.8 Å². The third-order valence-corrected chi connectivity index (χ3v) is 4.40. The second kappa shape index (κ2) is 6.54. The van der Waals surface area contributed by atoms with Gasteiger partial charge in [0.05, 0.1) is 19.8 Å². The lowest BCUT2D eigenvalue weighted by Crippen LogP contribution is -2.58. The molecule has 120 valence electrons. The zero-order valence-electron chi connectivity index (χ0n) is 12.8. The molecule has 5 nitrogen and oxygen atoms in total. The molecule has 1 amide bonds. The van der Waals surface area contributed by atoms with E-state index in [9.17, 15) is 4.79 Å². The van der Waals surface area contributed by atoms with Gasteiger partial charge in [-0.25, -0.2) is 0 Å². The Hall–Kier alpha value is -1.14. The molecular formula is C16H21ClN2O3. The summed E-state index contributed by atoms with van der Waals surface area (Å²) < 4.78 is 11.5. The van der Waals surface area contributed by atoms with Gasteiger partial charge in [0.15, 0.2) is 0 Å². The first-order valence-electron chi connectivity index (χ1n) is 7.49. The van der Waals surface area contributed by atoms with E-state index in [1.807, 2.05) is 18.2 Å². The van der Waals surface area contributed by atoms with Crippen LogP contribution < -0.4 is 0 Å². The lowest BCUT2D eigenvalue weighted by atomic mass is 10.0. The molecule has 1 spiro atoms. The van der Waals surface area contributed by atoms with Crippen molar-refractivity contribution >= 4 is 17.5 Å². The highest BCUT2D eigenvalue weighted by atomic mass is 35.5. The van der Waals surface area contributed by atoms with Gasteiger partial charge in [0.25, 0.3) is 0 Å². The SMILES string of the molecule is CN1CC2(COCC1=O)CN(Cc1cccc(Cl)c1)CCO2. The van der Waals surface area contributed by atoms with E-state index in [1.54, 1.807) is 11.9 Å².